The van der Waals surface area contributed by atoms with E-state index in [9.17, 15) is 4.79 Å². The monoisotopic (exact) mass is 257 g/mol. The number of aliphatic hydroxyl groups is 1. The van der Waals surface area contributed by atoms with E-state index in [2.05, 4.69) is 11.8 Å². The van der Waals surface area contributed by atoms with E-state index in [1.807, 2.05) is 29.2 Å². The molecule has 1 N–H and O–H groups in total. The van der Waals surface area contributed by atoms with Crippen LogP contribution in [0.1, 0.15) is 41.6 Å². The van der Waals surface area contributed by atoms with E-state index in [1.54, 1.807) is 0 Å². The Bertz CT molecular complexity index is 491. The molecule has 0 saturated carbocycles. The molecular formula is C16H19NO2. The summed E-state index contributed by atoms with van der Waals surface area (Å²) in [7, 11) is 0. The topological polar surface area (TPSA) is 40.5 Å². The van der Waals surface area contributed by atoms with Gasteiger partial charge in [-0.2, -0.15) is 0 Å². The molecule has 0 aromatic heterocycles. The molecule has 3 nitrogen and oxygen atoms in total. The molecule has 0 atom stereocenters. The third-order valence-electron chi connectivity index (χ3n) is 3.35. The summed E-state index contributed by atoms with van der Waals surface area (Å²) in [5.41, 5.74) is 1.34. The number of nitrogens with zero attached hydrogens (tertiary/aromatic N) is 1. The average Bonchev–Trinajstić information content (AvgIpc) is 2.73. The van der Waals surface area contributed by atoms with Crippen LogP contribution in [-0.2, 0) is 0 Å². The third kappa shape index (κ3) is 3.59. The Hall–Kier alpha value is -1.79. The molecule has 1 saturated heterocycles. The van der Waals surface area contributed by atoms with Gasteiger partial charge < -0.3 is 10.0 Å². The highest BCUT2D eigenvalue weighted by atomic mass is 16.2. The molecule has 2 rings (SSSR count). The number of amides is 1. The minimum Gasteiger partial charge on any atom is -0.384 e. The quantitative estimate of drug-likeness (QED) is 0.782. The van der Waals surface area contributed by atoms with E-state index in [0.29, 0.717) is 11.1 Å². The first-order valence-electron chi connectivity index (χ1n) is 6.81. The van der Waals surface area contributed by atoms with Gasteiger partial charge in [0.1, 0.15) is 6.61 Å². The average molecular weight is 257 g/mol. The number of carbonyl (C=O) groups is 1. The second kappa shape index (κ2) is 6.96. The van der Waals surface area contributed by atoms with Gasteiger partial charge in [-0.05, 0) is 25.0 Å². The first kappa shape index (κ1) is 13.6. The maximum atomic E-state index is 12.5. The summed E-state index contributed by atoms with van der Waals surface area (Å²) in [4.78, 5) is 14.5. The lowest BCUT2D eigenvalue weighted by Gasteiger charge is -2.20. The van der Waals surface area contributed by atoms with Crippen LogP contribution in [0.15, 0.2) is 24.3 Å². The highest BCUT2D eigenvalue weighted by Crippen LogP contribution is 2.15. The lowest BCUT2D eigenvalue weighted by Crippen LogP contribution is -2.32. The molecule has 1 fully saturated rings. The Kier molecular flexibility index (Phi) is 5.00. The van der Waals surface area contributed by atoms with Crippen LogP contribution in [0, 0.1) is 11.8 Å². The standard InChI is InChI=1S/C16H19NO2/c18-13-7-9-14-8-3-4-10-15(14)16(19)17-11-5-1-2-6-12-17/h3-4,8,10,18H,1-2,5-6,11-13H2. The number of hydrogen-bond donors (Lipinski definition) is 1. The molecule has 1 aromatic carbocycles. The van der Waals surface area contributed by atoms with Crippen molar-refractivity contribution in [2.45, 2.75) is 25.7 Å². The number of hydrogen-bond acceptors (Lipinski definition) is 2. The van der Waals surface area contributed by atoms with Crippen molar-refractivity contribution in [3.05, 3.63) is 35.4 Å². The summed E-state index contributed by atoms with van der Waals surface area (Å²) >= 11 is 0. The minimum atomic E-state index is -0.188. The predicted octanol–water partition coefficient (Wildman–Crippen LogP) is 2.05. The smallest absolute Gasteiger partial charge is 0.255 e. The molecule has 0 unspecified atom stereocenters. The van der Waals surface area contributed by atoms with Crippen LogP contribution in [0.4, 0.5) is 0 Å². The molecule has 0 aliphatic carbocycles. The highest BCUT2D eigenvalue weighted by molar-refractivity contribution is 5.96. The van der Waals surface area contributed by atoms with E-state index in [4.69, 9.17) is 5.11 Å². The Morgan fingerprint density at radius 2 is 1.84 bits per heavy atom. The van der Waals surface area contributed by atoms with Gasteiger partial charge >= 0.3 is 0 Å². The first-order valence-corrected chi connectivity index (χ1v) is 6.81. The van der Waals surface area contributed by atoms with Crippen molar-refractivity contribution in [3.8, 4) is 11.8 Å². The fraction of sp³-hybridized carbons (Fsp3) is 0.438. The zero-order chi connectivity index (χ0) is 13.5. The Morgan fingerprint density at radius 1 is 1.16 bits per heavy atom. The molecule has 1 heterocycles. The molecule has 0 bridgehead atoms. The number of benzene rings is 1. The Labute approximate surface area is 114 Å². The molecular weight excluding hydrogens is 238 g/mol. The summed E-state index contributed by atoms with van der Waals surface area (Å²) < 4.78 is 0. The van der Waals surface area contributed by atoms with Crippen molar-refractivity contribution in [2.24, 2.45) is 0 Å². The van der Waals surface area contributed by atoms with Crippen molar-refractivity contribution in [2.75, 3.05) is 19.7 Å². The van der Waals surface area contributed by atoms with Gasteiger partial charge in [-0.15, -0.1) is 0 Å². The van der Waals surface area contributed by atoms with Gasteiger partial charge in [0.25, 0.3) is 5.91 Å². The van der Waals surface area contributed by atoms with Crippen LogP contribution < -0.4 is 0 Å². The SMILES string of the molecule is O=C(c1ccccc1C#CCO)N1CCCCCC1. The van der Waals surface area contributed by atoms with E-state index in [0.717, 1.165) is 25.9 Å². The zero-order valence-electron chi connectivity index (χ0n) is 11.1. The Balaban J connectivity index is 2.22. The van der Waals surface area contributed by atoms with Gasteiger partial charge in [-0.1, -0.05) is 36.8 Å². The molecule has 0 spiro atoms. The summed E-state index contributed by atoms with van der Waals surface area (Å²) in [5, 5.41) is 8.77. The molecule has 1 aliphatic heterocycles. The van der Waals surface area contributed by atoms with Crippen molar-refractivity contribution in [3.63, 3.8) is 0 Å². The fourth-order valence-electron chi connectivity index (χ4n) is 2.36. The van der Waals surface area contributed by atoms with Gasteiger partial charge in [0.2, 0.25) is 0 Å². The summed E-state index contributed by atoms with van der Waals surface area (Å²) in [6, 6.07) is 7.36. The van der Waals surface area contributed by atoms with E-state index < -0.39 is 0 Å². The lowest BCUT2D eigenvalue weighted by molar-refractivity contribution is 0.0761. The van der Waals surface area contributed by atoms with Crippen LogP contribution >= 0.6 is 0 Å². The minimum absolute atomic E-state index is 0.0599. The molecule has 1 amide bonds. The van der Waals surface area contributed by atoms with Crippen LogP contribution in [0.3, 0.4) is 0 Å². The van der Waals surface area contributed by atoms with Crippen molar-refractivity contribution in [1.29, 1.82) is 0 Å². The molecule has 1 aliphatic rings. The number of carbonyl (C=O) groups excluding carboxylic acids is 1. The van der Waals surface area contributed by atoms with Gasteiger partial charge in [0.15, 0.2) is 0 Å². The second-order valence-electron chi connectivity index (χ2n) is 4.71. The van der Waals surface area contributed by atoms with Crippen molar-refractivity contribution >= 4 is 5.91 Å². The number of aliphatic hydroxyl groups excluding tert-OH is 1. The second-order valence-corrected chi connectivity index (χ2v) is 4.71. The fourth-order valence-corrected chi connectivity index (χ4v) is 2.36. The van der Waals surface area contributed by atoms with Gasteiger partial charge in [0, 0.05) is 18.7 Å². The van der Waals surface area contributed by atoms with Crippen LogP contribution in [0.25, 0.3) is 0 Å². The van der Waals surface area contributed by atoms with E-state index in [-0.39, 0.29) is 12.5 Å². The summed E-state index contributed by atoms with van der Waals surface area (Å²) in [5.74, 6) is 5.52. The van der Waals surface area contributed by atoms with E-state index >= 15 is 0 Å². The zero-order valence-corrected chi connectivity index (χ0v) is 11.1. The van der Waals surface area contributed by atoms with Crippen LogP contribution in [0.2, 0.25) is 0 Å². The molecule has 1 aromatic rings. The van der Waals surface area contributed by atoms with Gasteiger partial charge in [-0.25, -0.2) is 0 Å². The lowest BCUT2D eigenvalue weighted by atomic mass is 10.1. The largest absolute Gasteiger partial charge is 0.384 e. The molecule has 100 valence electrons. The van der Waals surface area contributed by atoms with Crippen molar-refractivity contribution in [1.82, 2.24) is 4.90 Å². The third-order valence-corrected chi connectivity index (χ3v) is 3.35. The highest BCUT2D eigenvalue weighted by Gasteiger charge is 2.18. The first-order chi connectivity index (χ1) is 9.33. The molecule has 19 heavy (non-hydrogen) atoms. The Morgan fingerprint density at radius 3 is 2.53 bits per heavy atom. The normalized spacial score (nSPS) is 15.3. The van der Waals surface area contributed by atoms with Crippen LogP contribution in [-0.4, -0.2) is 35.6 Å². The molecule has 0 radical (unpaired) electrons. The number of rotatable bonds is 1. The van der Waals surface area contributed by atoms with Crippen molar-refractivity contribution < 1.29 is 9.90 Å². The summed E-state index contributed by atoms with van der Waals surface area (Å²) in [6.45, 7) is 1.48. The van der Waals surface area contributed by atoms with Gasteiger partial charge in [-0.3, -0.25) is 4.79 Å². The predicted molar refractivity (Wildman–Crippen MR) is 74.8 cm³/mol. The van der Waals surface area contributed by atoms with E-state index in [1.165, 1.54) is 12.8 Å². The number of likely N-dealkylation sites (tertiary alicyclic amines) is 1. The van der Waals surface area contributed by atoms with Gasteiger partial charge in [0.05, 0.1) is 5.56 Å². The maximum Gasteiger partial charge on any atom is 0.255 e. The molecule has 3 heteroatoms. The summed E-state index contributed by atoms with van der Waals surface area (Å²) in [6.07, 6.45) is 4.57. The van der Waals surface area contributed by atoms with Crippen LogP contribution in [0.5, 0.6) is 0 Å². The maximum absolute atomic E-state index is 12.5.